The minimum Gasteiger partial charge on any atom is -0.468 e. The van der Waals surface area contributed by atoms with E-state index in [0.29, 0.717) is 5.66 Å². The summed E-state index contributed by atoms with van der Waals surface area (Å²) >= 11 is 0. The van der Waals surface area contributed by atoms with Gasteiger partial charge >= 0.3 is 7.48 Å². The predicted molar refractivity (Wildman–Crippen MR) is 85.2 cm³/mol. The summed E-state index contributed by atoms with van der Waals surface area (Å²) in [6, 6.07) is 3.65. The number of rotatable bonds is 6. The van der Waals surface area contributed by atoms with Crippen LogP contribution in [0.2, 0.25) is 0 Å². The number of furan rings is 1. The van der Waals surface area contributed by atoms with Gasteiger partial charge in [0.2, 0.25) is 0 Å². The number of nitrogens with zero attached hydrogens (tertiary/aromatic N) is 3. The summed E-state index contributed by atoms with van der Waals surface area (Å²) in [5, 5.41) is 10.0. The summed E-state index contributed by atoms with van der Waals surface area (Å²) in [7, 11) is 3.04. The number of aromatic nitrogens is 1. The Hall–Kier alpha value is -1.53. The SMILES string of the molecule is CN(CCCN1CCCC1)c1nccc2oc([B]O)cc12. The van der Waals surface area contributed by atoms with Crippen LogP contribution in [0.25, 0.3) is 11.0 Å². The Kier molecular flexibility index (Phi) is 4.46. The third kappa shape index (κ3) is 3.22. The second-order valence-corrected chi connectivity index (χ2v) is 5.65. The average molecular weight is 286 g/mol. The van der Waals surface area contributed by atoms with Crippen LogP contribution >= 0.6 is 0 Å². The molecule has 2 aromatic heterocycles. The molecule has 0 unspecified atom stereocenters. The van der Waals surface area contributed by atoms with Gasteiger partial charge in [0, 0.05) is 19.8 Å². The van der Waals surface area contributed by atoms with E-state index in [4.69, 9.17) is 9.44 Å². The molecule has 3 heterocycles. The van der Waals surface area contributed by atoms with Crippen LogP contribution in [0, 0.1) is 0 Å². The van der Waals surface area contributed by atoms with Gasteiger partial charge in [0.15, 0.2) is 0 Å². The van der Waals surface area contributed by atoms with Crippen molar-refractivity contribution in [2.24, 2.45) is 0 Å². The van der Waals surface area contributed by atoms with Gasteiger partial charge in [0.05, 0.1) is 11.0 Å². The molecule has 3 rings (SSSR count). The van der Waals surface area contributed by atoms with Crippen molar-refractivity contribution >= 4 is 29.9 Å². The number of anilines is 1. The lowest BCUT2D eigenvalue weighted by atomic mass is 9.98. The first-order valence-electron chi connectivity index (χ1n) is 7.57. The quantitative estimate of drug-likeness (QED) is 0.802. The van der Waals surface area contributed by atoms with Crippen molar-refractivity contribution in [3.05, 3.63) is 18.3 Å². The molecule has 0 atom stereocenters. The second-order valence-electron chi connectivity index (χ2n) is 5.65. The molecule has 0 aliphatic carbocycles. The van der Waals surface area contributed by atoms with Gasteiger partial charge in [-0.25, -0.2) is 4.98 Å². The van der Waals surface area contributed by atoms with E-state index >= 15 is 0 Å². The largest absolute Gasteiger partial charge is 0.468 e. The lowest BCUT2D eigenvalue weighted by Crippen LogP contribution is -2.26. The standard InChI is InChI=1S/C15H21BN3O2/c1-18(7-4-10-19-8-2-3-9-19)15-12-11-14(16-20)21-13(12)5-6-17-15/h5-6,11,20H,2-4,7-10H2,1H3. The van der Waals surface area contributed by atoms with Crippen molar-refractivity contribution in [1.82, 2.24) is 9.88 Å². The fourth-order valence-corrected chi connectivity index (χ4v) is 2.98. The van der Waals surface area contributed by atoms with E-state index in [1.807, 2.05) is 12.1 Å². The van der Waals surface area contributed by atoms with Crippen LogP contribution < -0.4 is 10.6 Å². The van der Waals surface area contributed by atoms with E-state index in [1.54, 1.807) is 6.20 Å². The highest BCUT2D eigenvalue weighted by atomic mass is 16.3. The Bertz CT molecular complexity index is 596. The number of hydrogen-bond acceptors (Lipinski definition) is 5. The molecule has 111 valence electrons. The number of pyridine rings is 1. The molecular formula is C15H21BN3O2. The average Bonchev–Trinajstić information content (AvgIpc) is 3.15. The maximum Gasteiger partial charge on any atom is 0.373 e. The summed E-state index contributed by atoms with van der Waals surface area (Å²) in [4.78, 5) is 9.15. The zero-order valence-corrected chi connectivity index (χ0v) is 12.5. The first-order chi connectivity index (χ1) is 10.3. The van der Waals surface area contributed by atoms with Crippen molar-refractivity contribution in [2.75, 3.05) is 38.1 Å². The van der Waals surface area contributed by atoms with E-state index in [0.717, 1.165) is 43.8 Å². The van der Waals surface area contributed by atoms with Gasteiger partial charge in [-0.2, -0.15) is 0 Å². The molecular weight excluding hydrogens is 265 g/mol. The van der Waals surface area contributed by atoms with E-state index in [1.165, 1.54) is 25.9 Å². The maximum atomic E-state index is 9.07. The molecule has 6 heteroatoms. The van der Waals surface area contributed by atoms with Crippen LogP contribution in [0.4, 0.5) is 5.82 Å². The summed E-state index contributed by atoms with van der Waals surface area (Å²) in [6.07, 6.45) is 5.56. The van der Waals surface area contributed by atoms with Gasteiger partial charge in [-0.15, -0.1) is 0 Å². The molecule has 21 heavy (non-hydrogen) atoms. The molecule has 0 aromatic carbocycles. The van der Waals surface area contributed by atoms with Crippen LogP contribution in [-0.4, -0.2) is 55.6 Å². The van der Waals surface area contributed by atoms with Crippen molar-refractivity contribution in [3.63, 3.8) is 0 Å². The zero-order chi connectivity index (χ0) is 14.7. The number of fused-ring (bicyclic) bond motifs is 1. The highest BCUT2D eigenvalue weighted by Gasteiger charge is 2.14. The normalized spacial score (nSPS) is 15.7. The molecule has 0 amide bonds. The van der Waals surface area contributed by atoms with Crippen LogP contribution in [0.1, 0.15) is 19.3 Å². The van der Waals surface area contributed by atoms with Crippen molar-refractivity contribution in [1.29, 1.82) is 0 Å². The van der Waals surface area contributed by atoms with Crippen LogP contribution in [0.15, 0.2) is 22.7 Å². The number of hydrogen-bond donors (Lipinski definition) is 1. The second kappa shape index (κ2) is 6.49. The first-order valence-corrected chi connectivity index (χ1v) is 7.57. The minimum absolute atomic E-state index is 0.463. The smallest absolute Gasteiger partial charge is 0.373 e. The highest BCUT2D eigenvalue weighted by molar-refractivity contribution is 6.44. The molecule has 5 nitrogen and oxygen atoms in total. The Labute approximate surface area is 125 Å². The molecule has 1 aliphatic heterocycles. The maximum absolute atomic E-state index is 9.07. The van der Waals surface area contributed by atoms with Crippen LogP contribution in [0.5, 0.6) is 0 Å². The number of likely N-dealkylation sites (tertiary alicyclic amines) is 1. The van der Waals surface area contributed by atoms with Gasteiger partial charge in [-0.05, 0) is 51.0 Å². The highest BCUT2D eigenvalue weighted by Crippen LogP contribution is 2.23. The third-order valence-corrected chi connectivity index (χ3v) is 4.10. The summed E-state index contributed by atoms with van der Waals surface area (Å²) in [5.41, 5.74) is 1.22. The fraction of sp³-hybridized carbons (Fsp3) is 0.533. The molecule has 0 spiro atoms. The molecule has 1 radical (unpaired) electrons. The van der Waals surface area contributed by atoms with Gasteiger partial charge < -0.3 is 19.2 Å². The Morgan fingerprint density at radius 1 is 1.43 bits per heavy atom. The predicted octanol–water partition coefficient (Wildman–Crippen LogP) is 0.987. The van der Waals surface area contributed by atoms with Crippen molar-refractivity contribution in [3.8, 4) is 0 Å². The Morgan fingerprint density at radius 3 is 3.00 bits per heavy atom. The Morgan fingerprint density at radius 2 is 2.24 bits per heavy atom. The van der Waals surface area contributed by atoms with E-state index in [9.17, 15) is 0 Å². The monoisotopic (exact) mass is 286 g/mol. The fourth-order valence-electron chi connectivity index (χ4n) is 2.98. The summed E-state index contributed by atoms with van der Waals surface area (Å²) in [6.45, 7) is 4.61. The molecule has 1 fully saturated rings. The zero-order valence-electron chi connectivity index (χ0n) is 12.5. The topological polar surface area (TPSA) is 52.7 Å². The lowest BCUT2D eigenvalue weighted by molar-refractivity contribution is 0.335. The van der Waals surface area contributed by atoms with Gasteiger partial charge in [-0.1, -0.05) is 0 Å². The van der Waals surface area contributed by atoms with Gasteiger partial charge in [0.1, 0.15) is 11.4 Å². The van der Waals surface area contributed by atoms with Crippen molar-refractivity contribution in [2.45, 2.75) is 19.3 Å². The molecule has 2 aromatic rings. The van der Waals surface area contributed by atoms with Crippen LogP contribution in [-0.2, 0) is 0 Å². The molecule has 1 saturated heterocycles. The van der Waals surface area contributed by atoms with Gasteiger partial charge in [0.25, 0.3) is 0 Å². The van der Waals surface area contributed by atoms with E-state index in [2.05, 4.69) is 21.8 Å². The summed E-state index contributed by atoms with van der Waals surface area (Å²) < 4.78 is 5.51. The molecule has 1 N–H and O–H groups in total. The van der Waals surface area contributed by atoms with E-state index in [-0.39, 0.29) is 0 Å². The van der Waals surface area contributed by atoms with Crippen molar-refractivity contribution < 1.29 is 9.44 Å². The van der Waals surface area contributed by atoms with Crippen LogP contribution in [0.3, 0.4) is 0 Å². The molecule has 0 saturated carbocycles. The third-order valence-electron chi connectivity index (χ3n) is 4.10. The summed E-state index contributed by atoms with van der Waals surface area (Å²) in [5.74, 6) is 0.908. The molecule has 0 bridgehead atoms. The first kappa shape index (κ1) is 14.4. The Balaban J connectivity index is 1.65. The minimum atomic E-state index is 0.463. The lowest BCUT2D eigenvalue weighted by Gasteiger charge is -2.21. The van der Waals surface area contributed by atoms with Gasteiger partial charge in [-0.3, -0.25) is 0 Å². The van der Waals surface area contributed by atoms with E-state index < -0.39 is 0 Å². The molecule has 1 aliphatic rings.